The summed E-state index contributed by atoms with van der Waals surface area (Å²) >= 11 is 0. The summed E-state index contributed by atoms with van der Waals surface area (Å²) in [6.07, 6.45) is 8.33. The molecule has 2 rings (SSSR count). The van der Waals surface area contributed by atoms with Gasteiger partial charge in [-0.15, -0.1) is 0 Å². The third-order valence-electron chi connectivity index (χ3n) is 3.63. The van der Waals surface area contributed by atoms with Crippen molar-refractivity contribution in [2.75, 3.05) is 0 Å². The van der Waals surface area contributed by atoms with Gasteiger partial charge in [0.2, 0.25) is 0 Å². The van der Waals surface area contributed by atoms with Gasteiger partial charge in [-0.05, 0) is 37.0 Å². The zero-order valence-electron chi connectivity index (χ0n) is 10.3. The Morgan fingerprint density at radius 3 is 3.06 bits per heavy atom. The second kappa shape index (κ2) is 5.79. The van der Waals surface area contributed by atoms with E-state index >= 15 is 0 Å². The maximum atomic E-state index is 9.11. The van der Waals surface area contributed by atoms with Crippen LogP contribution in [0.15, 0.2) is 18.5 Å². The molecule has 1 aromatic rings. The largest absolute Gasteiger partial charge is 0.309 e. The maximum Gasteiger partial charge on any atom is 0.0672 e. The van der Waals surface area contributed by atoms with E-state index in [4.69, 9.17) is 5.26 Å². The molecule has 1 saturated carbocycles. The molecule has 0 radical (unpaired) electrons. The Morgan fingerprint density at radius 2 is 2.29 bits per heavy atom. The van der Waals surface area contributed by atoms with E-state index in [0.717, 1.165) is 19.4 Å². The molecular weight excluding hydrogens is 210 g/mol. The zero-order valence-corrected chi connectivity index (χ0v) is 10.3. The van der Waals surface area contributed by atoms with Gasteiger partial charge in [-0.3, -0.25) is 4.98 Å². The van der Waals surface area contributed by atoms with Gasteiger partial charge in [0.15, 0.2) is 0 Å². The van der Waals surface area contributed by atoms with Crippen molar-refractivity contribution in [1.82, 2.24) is 10.3 Å². The number of nitriles is 1. The fourth-order valence-corrected chi connectivity index (χ4v) is 2.45. The molecule has 1 N–H and O–H groups in total. The molecule has 0 bridgehead atoms. The van der Waals surface area contributed by atoms with Crippen LogP contribution in [0.5, 0.6) is 0 Å². The van der Waals surface area contributed by atoms with Crippen LogP contribution in [0.25, 0.3) is 0 Å². The summed E-state index contributed by atoms with van der Waals surface area (Å²) in [4.78, 5) is 4.14. The lowest BCUT2D eigenvalue weighted by molar-refractivity contribution is 0.311. The minimum absolute atomic E-state index is 0.181. The van der Waals surface area contributed by atoms with Gasteiger partial charge in [0.05, 0.1) is 12.0 Å². The number of aromatic nitrogens is 1. The van der Waals surface area contributed by atoms with E-state index in [9.17, 15) is 0 Å². The van der Waals surface area contributed by atoms with E-state index in [2.05, 4.69) is 23.3 Å². The molecule has 90 valence electrons. The lowest BCUT2D eigenvalue weighted by Crippen LogP contribution is -2.37. The Balaban J connectivity index is 1.93. The first-order chi connectivity index (χ1) is 8.31. The second-order valence-electron chi connectivity index (χ2n) is 4.81. The van der Waals surface area contributed by atoms with E-state index < -0.39 is 0 Å². The normalized spacial score (nSPS) is 24.2. The van der Waals surface area contributed by atoms with Gasteiger partial charge in [-0.25, -0.2) is 0 Å². The molecule has 2 unspecified atom stereocenters. The Hall–Kier alpha value is -1.40. The van der Waals surface area contributed by atoms with Crippen LogP contribution in [0, 0.1) is 24.2 Å². The van der Waals surface area contributed by atoms with Crippen LogP contribution in [-0.2, 0) is 6.54 Å². The highest BCUT2D eigenvalue weighted by molar-refractivity contribution is 5.21. The molecule has 2 atom stereocenters. The van der Waals surface area contributed by atoms with E-state index in [1.807, 2.05) is 18.5 Å². The highest BCUT2D eigenvalue weighted by Gasteiger charge is 2.24. The monoisotopic (exact) mass is 229 g/mol. The summed E-state index contributed by atoms with van der Waals surface area (Å²) in [7, 11) is 0. The summed E-state index contributed by atoms with van der Waals surface area (Å²) in [5, 5.41) is 12.6. The topological polar surface area (TPSA) is 48.7 Å². The summed E-state index contributed by atoms with van der Waals surface area (Å²) in [5.74, 6) is 0.181. The lowest BCUT2D eigenvalue weighted by Gasteiger charge is -2.27. The summed E-state index contributed by atoms with van der Waals surface area (Å²) < 4.78 is 0. The first kappa shape index (κ1) is 12.1. The van der Waals surface area contributed by atoms with Crippen molar-refractivity contribution in [3.05, 3.63) is 29.6 Å². The lowest BCUT2D eigenvalue weighted by atomic mass is 9.85. The average Bonchev–Trinajstić information content (AvgIpc) is 2.38. The Morgan fingerprint density at radius 1 is 1.47 bits per heavy atom. The third-order valence-corrected chi connectivity index (χ3v) is 3.63. The van der Waals surface area contributed by atoms with Crippen LogP contribution in [0.3, 0.4) is 0 Å². The molecular formula is C14H19N3. The van der Waals surface area contributed by atoms with Gasteiger partial charge >= 0.3 is 0 Å². The van der Waals surface area contributed by atoms with Crippen molar-refractivity contribution in [3.8, 4) is 6.07 Å². The van der Waals surface area contributed by atoms with Gasteiger partial charge < -0.3 is 5.32 Å². The zero-order chi connectivity index (χ0) is 12.1. The molecule has 1 aliphatic carbocycles. The molecule has 1 heterocycles. The molecule has 3 nitrogen and oxygen atoms in total. The van der Waals surface area contributed by atoms with E-state index in [0.29, 0.717) is 6.04 Å². The maximum absolute atomic E-state index is 9.11. The molecule has 0 aromatic carbocycles. The first-order valence-electron chi connectivity index (χ1n) is 6.33. The Bertz CT molecular complexity index is 408. The Labute approximate surface area is 103 Å². The molecule has 17 heavy (non-hydrogen) atoms. The molecule has 1 fully saturated rings. The summed E-state index contributed by atoms with van der Waals surface area (Å²) in [5.41, 5.74) is 2.49. The molecule has 0 amide bonds. The fourth-order valence-electron chi connectivity index (χ4n) is 2.45. The second-order valence-corrected chi connectivity index (χ2v) is 4.81. The molecule has 0 aliphatic heterocycles. The number of nitrogens with one attached hydrogen (secondary N) is 1. The average molecular weight is 229 g/mol. The number of aryl methyl sites for hydroxylation is 1. The molecule has 1 aliphatic rings. The quantitative estimate of drug-likeness (QED) is 0.866. The van der Waals surface area contributed by atoms with Crippen molar-refractivity contribution in [2.45, 2.75) is 45.2 Å². The highest BCUT2D eigenvalue weighted by atomic mass is 14.9. The summed E-state index contributed by atoms with van der Waals surface area (Å²) in [6, 6.07) is 4.81. The van der Waals surface area contributed by atoms with Crippen LogP contribution in [-0.4, -0.2) is 11.0 Å². The van der Waals surface area contributed by atoms with Crippen molar-refractivity contribution < 1.29 is 0 Å². The number of nitrogens with zero attached hydrogens (tertiary/aromatic N) is 2. The van der Waals surface area contributed by atoms with Gasteiger partial charge in [0.25, 0.3) is 0 Å². The van der Waals surface area contributed by atoms with Crippen LogP contribution in [0.2, 0.25) is 0 Å². The molecule has 0 spiro atoms. The van der Waals surface area contributed by atoms with Crippen molar-refractivity contribution in [3.63, 3.8) is 0 Å². The number of hydrogen-bond acceptors (Lipinski definition) is 3. The first-order valence-corrected chi connectivity index (χ1v) is 6.33. The minimum atomic E-state index is 0.181. The van der Waals surface area contributed by atoms with Crippen molar-refractivity contribution in [2.24, 2.45) is 5.92 Å². The van der Waals surface area contributed by atoms with E-state index in [1.54, 1.807) is 0 Å². The van der Waals surface area contributed by atoms with Gasteiger partial charge in [-0.1, -0.05) is 12.8 Å². The SMILES string of the molecule is Cc1ccncc1CNC1CCCCC1C#N. The van der Waals surface area contributed by atoms with Crippen LogP contribution in [0.1, 0.15) is 36.8 Å². The van der Waals surface area contributed by atoms with Crippen molar-refractivity contribution >= 4 is 0 Å². The number of hydrogen-bond donors (Lipinski definition) is 1. The Kier molecular flexibility index (Phi) is 4.11. The standard InChI is InChI=1S/C14H19N3/c1-11-6-7-16-9-13(11)10-17-14-5-3-2-4-12(14)8-15/h6-7,9,12,14,17H,2-5,10H2,1H3. The van der Waals surface area contributed by atoms with Crippen LogP contribution < -0.4 is 5.32 Å². The molecule has 3 heteroatoms. The molecule has 1 aromatic heterocycles. The van der Waals surface area contributed by atoms with Crippen LogP contribution >= 0.6 is 0 Å². The van der Waals surface area contributed by atoms with Gasteiger partial charge in [-0.2, -0.15) is 5.26 Å². The molecule has 0 saturated heterocycles. The predicted octanol–water partition coefficient (Wildman–Crippen LogP) is 2.56. The van der Waals surface area contributed by atoms with Gasteiger partial charge in [0, 0.05) is 25.0 Å². The van der Waals surface area contributed by atoms with E-state index in [1.165, 1.54) is 24.0 Å². The third kappa shape index (κ3) is 3.04. The number of pyridine rings is 1. The van der Waals surface area contributed by atoms with E-state index in [-0.39, 0.29) is 5.92 Å². The van der Waals surface area contributed by atoms with Crippen LogP contribution in [0.4, 0.5) is 0 Å². The number of rotatable bonds is 3. The fraction of sp³-hybridized carbons (Fsp3) is 0.571. The van der Waals surface area contributed by atoms with Gasteiger partial charge in [0.1, 0.15) is 0 Å². The summed E-state index contributed by atoms with van der Waals surface area (Å²) in [6.45, 7) is 2.92. The smallest absolute Gasteiger partial charge is 0.0672 e. The predicted molar refractivity (Wildman–Crippen MR) is 67.2 cm³/mol. The minimum Gasteiger partial charge on any atom is -0.309 e. The highest BCUT2D eigenvalue weighted by Crippen LogP contribution is 2.24. The van der Waals surface area contributed by atoms with Crippen molar-refractivity contribution in [1.29, 1.82) is 5.26 Å².